The number of nitrogens with one attached hydrogen (secondary N) is 3. The lowest BCUT2D eigenvalue weighted by atomic mass is 10.1. The number of hydrogen-bond acceptors (Lipinski definition) is 8. The van der Waals surface area contributed by atoms with Crippen LogP contribution < -0.4 is 16.0 Å². The van der Waals surface area contributed by atoms with Crippen LogP contribution in [0.25, 0.3) is 10.9 Å². The van der Waals surface area contributed by atoms with Crippen LogP contribution in [0.3, 0.4) is 0 Å². The van der Waals surface area contributed by atoms with E-state index in [1.165, 1.54) is 10.8 Å². The van der Waals surface area contributed by atoms with E-state index in [1.807, 2.05) is 6.07 Å². The van der Waals surface area contributed by atoms with Gasteiger partial charge in [-0.15, -0.1) is 0 Å². The second-order valence-electron chi connectivity index (χ2n) is 9.37. The van der Waals surface area contributed by atoms with Crippen molar-refractivity contribution in [2.45, 2.75) is 37.7 Å². The highest BCUT2D eigenvalue weighted by Gasteiger charge is 2.30. The minimum Gasteiger partial charge on any atom is -0.394 e. The Kier molecular flexibility index (Phi) is 12.2. The van der Waals surface area contributed by atoms with Gasteiger partial charge in [-0.25, -0.2) is 0 Å². The number of nitrogens with zero attached hydrogens (tertiary/aromatic N) is 2. The normalized spacial score (nSPS) is 17.5. The predicted octanol–water partition coefficient (Wildman–Crippen LogP) is 2.76. The largest absolute Gasteiger partial charge is 0.406 e. The molecule has 1 fully saturated rings. The van der Waals surface area contributed by atoms with Crippen molar-refractivity contribution in [1.82, 2.24) is 14.9 Å². The molecule has 1 aliphatic rings. The van der Waals surface area contributed by atoms with Gasteiger partial charge in [0.15, 0.2) is 6.29 Å². The monoisotopic (exact) mass is 593 g/mol. The van der Waals surface area contributed by atoms with Crippen molar-refractivity contribution in [3.8, 4) is 11.8 Å². The number of aromatic nitrogens is 2. The Bertz CT molecular complexity index is 1360. The number of aliphatic hydroxyl groups excluding tert-OH is 2. The zero-order valence-electron chi connectivity index (χ0n) is 22.6. The standard InChI is InChI=1S/C24H23F3N4O2S.C4H11NO2/c25-24(26,27)16-31-20(3-2-10-28-18-6-7-19(15-32)29-14-18)13-21-22(4-1-5-23(21)31)30-17-8-11-34(33)12-9-17;1-5-2-4(7)3-6/h1,4-7,13-15,17,28,30H,8-12,16H2;4-7H,2-3H2,1H3. The number of rotatable bonds is 9. The Balaban J connectivity index is 0.000000587. The number of aldehydes is 1. The third-order valence-electron chi connectivity index (χ3n) is 6.19. The van der Waals surface area contributed by atoms with E-state index in [0.29, 0.717) is 46.6 Å². The number of pyridine rings is 1. The molecule has 41 heavy (non-hydrogen) atoms. The van der Waals surface area contributed by atoms with E-state index in [0.717, 1.165) is 18.5 Å². The van der Waals surface area contributed by atoms with Gasteiger partial charge in [0.05, 0.1) is 42.4 Å². The average molecular weight is 594 g/mol. The summed E-state index contributed by atoms with van der Waals surface area (Å²) >= 11 is 0. The minimum absolute atomic E-state index is 0.132. The number of carbonyl (C=O) groups is 1. The molecule has 13 heteroatoms. The van der Waals surface area contributed by atoms with Gasteiger partial charge in [0.1, 0.15) is 12.2 Å². The summed E-state index contributed by atoms with van der Waals surface area (Å²) in [4.78, 5) is 14.6. The highest BCUT2D eigenvalue weighted by molar-refractivity contribution is 7.85. The van der Waals surface area contributed by atoms with Crippen molar-refractivity contribution < 1.29 is 32.4 Å². The summed E-state index contributed by atoms with van der Waals surface area (Å²) in [6.45, 7) is -0.659. The van der Waals surface area contributed by atoms with E-state index in [2.05, 4.69) is 32.8 Å². The second kappa shape index (κ2) is 15.5. The molecule has 3 heterocycles. The van der Waals surface area contributed by atoms with E-state index in [4.69, 9.17) is 10.2 Å². The number of likely N-dealkylation sites (N-methyl/N-ethyl adjacent to an activating group) is 1. The average Bonchev–Trinajstić information content (AvgIpc) is 3.29. The summed E-state index contributed by atoms with van der Waals surface area (Å²) in [7, 11) is 0.931. The molecule has 0 spiro atoms. The third-order valence-corrected chi connectivity index (χ3v) is 7.57. The highest BCUT2D eigenvalue weighted by Crippen LogP contribution is 2.31. The summed E-state index contributed by atoms with van der Waals surface area (Å²) in [6.07, 6.45) is -1.36. The van der Waals surface area contributed by atoms with Gasteiger partial charge < -0.3 is 30.7 Å². The van der Waals surface area contributed by atoms with Crippen LogP contribution in [0, 0.1) is 11.8 Å². The number of carbonyl (C=O) groups excluding carboxylic acids is 1. The molecule has 9 nitrogen and oxygen atoms in total. The highest BCUT2D eigenvalue weighted by atomic mass is 32.2. The number of halogens is 3. The van der Waals surface area contributed by atoms with Crippen LogP contribution in [0.15, 0.2) is 42.6 Å². The van der Waals surface area contributed by atoms with E-state index in [9.17, 15) is 22.2 Å². The lowest BCUT2D eigenvalue weighted by Crippen LogP contribution is -2.29. The van der Waals surface area contributed by atoms with Crippen molar-refractivity contribution >= 4 is 39.4 Å². The molecule has 0 bridgehead atoms. The van der Waals surface area contributed by atoms with Crippen molar-refractivity contribution in [3.63, 3.8) is 0 Å². The number of benzene rings is 1. The Hall–Kier alpha value is -3.44. The molecule has 0 amide bonds. The zero-order chi connectivity index (χ0) is 29.8. The molecule has 4 rings (SSSR count). The van der Waals surface area contributed by atoms with Gasteiger partial charge in [-0.2, -0.15) is 13.2 Å². The second-order valence-corrected chi connectivity index (χ2v) is 11.1. The summed E-state index contributed by atoms with van der Waals surface area (Å²) in [5.41, 5.74) is 2.42. The molecule has 1 saturated heterocycles. The first-order valence-electron chi connectivity index (χ1n) is 13.0. The van der Waals surface area contributed by atoms with Gasteiger partial charge in [-0.3, -0.25) is 14.0 Å². The Morgan fingerprint density at radius 2 is 2.00 bits per heavy atom. The molecule has 222 valence electrons. The van der Waals surface area contributed by atoms with Gasteiger partial charge in [0.25, 0.3) is 0 Å². The zero-order valence-corrected chi connectivity index (χ0v) is 23.4. The molecule has 0 saturated carbocycles. The molecule has 1 unspecified atom stereocenters. The maximum Gasteiger partial charge on any atom is 0.406 e. The van der Waals surface area contributed by atoms with E-state index in [-0.39, 0.29) is 24.9 Å². The quantitative estimate of drug-likeness (QED) is 0.189. The Morgan fingerprint density at radius 1 is 1.24 bits per heavy atom. The summed E-state index contributed by atoms with van der Waals surface area (Å²) in [5.74, 6) is 6.98. The molecular weight excluding hydrogens is 559 g/mol. The number of aliphatic hydroxyl groups is 2. The van der Waals surface area contributed by atoms with E-state index < -0.39 is 29.6 Å². The molecular formula is C28H34F3N5O4S. The van der Waals surface area contributed by atoms with Gasteiger partial charge in [-0.1, -0.05) is 12.0 Å². The molecule has 3 aromatic rings. The fraction of sp³-hybridized carbons (Fsp3) is 0.429. The Labute approximate surface area is 239 Å². The van der Waals surface area contributed by atoms with Crippen LogP contribution in [-0.4, -0.2) is 86.8 Å². The molecule has 1 aliphatic heterocycles. The van der Waals surface area contributed by atoms with Gasteiger partial charge >= 0.3 is 6.18 Å². The summed E-state index contributed by atoms with van der Waals surface area (Å²) < 4.78 is 52.9. The minimum atomic E-state index is -4.40. The van der Waals surface area contributed by atoms with Crippen molar-refractivity contribution in [1.29, 1.82) is 0 Å². The van der Waals surface area contributed by atoms with E-state index in [1.54, 1.807) is 37.4 Å². The first-order valence-corrected chi connectivity index (χ1v) is 14.5. The van der Waals surface area contributed by atoms with E-state index >= 15 is 0 Å². The topological polar surface area (TPSA) is 129 Å². The lowest BCUT2D eigenvalue weighted by molar-refractivity contribution is -0.140. The number of fused-ring (bicyclic) bond motifs is 1. The molecule has 1 aromatic carbocycles. The molecule has 5 N–H and O–H groups in total. The maximum atomic E-state index is 13.4. The van der Waals surface area contributed by atoms with Gasteiger partial charge in [0.2, 0.25) is 0 Å². The Morgan fingerprint density at radius 3 is 2.59 bits per heavy atom. The summed E-state index contributed by atoms with van der Waals surface area (Å²) in [5, 5.41) is 26.5. The number of anilines is 2. The van der Waals surface area contributed by atoms with Crippen molar-refractivity contribution in [3.05, 3.63) is 54.0 Å². The van der Waals surface area contributed by atoms with Crippen LogP contribution in [0.4, 0.5) is 24.5 Å². The van der Waals surface area contributed by atoms with Crippen LogP contribution in [0.1, 0.15) is 29.0 Å². The third kappa shape index (κ3) is 10.2. The van der Waals surface area contributed by atoms with Crippen LogP contribution in [-0.2, 0) is 17.3 Å². The van der Waals surface area contributed by atoms with Crippen LogP contribution in [0.2, 0.25) is 0 Å². The van der Waals surface area contributed by atoms with Crippen LogP contribution in [0.5, 0.6) is 0 Å². The molecule has 0 aliphatic carbocycles. The first kappa shape index (κ1) is 32.1. The molecule has 0 radical (unpaired) electrons. The van der Waals surface area contributed by atoms with Gasteiger partial charge in [0, 0.05) is 46.0 Å². The first-order chi connectivity index (χ1) is 19.6. The number of alkyl halides is 3. The van der Waals surface area contributed by atoms with Crippen molar-refractivity contribution in [2.75, 3.05) is 48.9 Å². The molecule has 2 aromatic heterocycles. The number of hydrogen-bond donors (Lipinski definition) is 5. The van der Waals surface area contributed by atoms with Crippen molar-refractivity contribution in [2.24, 2.45) is 0 Å². The predicted molar refractivity (Wildman–Crippen MR) is 155 cm³/mol. The van der Waals surface area contributed by atoms with Crippen LogP contribution >= 0.6 is 0 Å². The fourth-order valence-corrected chi connectivity index (χ4v) is 5.48. The van der Waals surface area contributed by atoms with Gasteiger partial charge in [-0.05, 0) is 56.1 Å². The smallest absolute Gasteiger partial charge is 0.394 e. The lowest BCUT2D eigenvalue weighted by Gasteiger charge is -2.24. The molecule has 1 atom stereocenters. The fourth-order valence-electron chi connectivity index (χ4n) is 4.18. The summed E-state index contributed by atoms with van der Waals surface area (Å²) in [6, 6.07) is 10.3. The SMILES string of the molecule is CNCC(O)CO.O=Cc1ccc(NCC#Cc2cc3c(NC4CCS(=O)CC4)cccc3n2CC(F)(F)F)cn1. The maximum absolute atomic E-state index is 13.4.